The van der Waals surface area contributed by atoms with Crippen LogP contribution in [0, 0.1) is 0 Å². The quantitative estimate of drug-likeness (QED) is 0.512. The zero-order valence-corrected chi connectivity index (χ0v) is 18.8. The molecule has 2 aromatic carbocycles. The fraction of sp³-hybridized carbons (Fsp3) is 0.348. The van der Waals surface area contributed by atoms with Crippen LogP contribution in [0.25, 0.3) is 11.0 Å². The number of ether oxygens (including phenoxy) is 1. The number of halogens is 1. The Bertz CT molecular complexity index is 1120. The molecule has 1 amide bonds. The lowest BCUT2D eigenvalue weighted by atomic mass is 9.82. The molecule has 0 unspecified atom stereocenters. The van der Waals surface area contributed by atoms with Crippen LogP contribution in [0.3, 0.4) is 0 Å². The van der Waals surface area contributed by atoms with Gasteiger partial charge in [0.1, 0.15) is 23.3 Å². The van der Waals surface area contributed by atoms with E-state index >= 15 is 0 Å². The number of carbonyl (C=O) groups excluding carboxylic acids is 2. The second-order valence-corrected chi connectivity index (χ2v) is 8.25. The van der Waals surface area contributed by atoms with Gasteiger partial charge < -0.3 is 14.2 Å². The average Bonchev–Trinajstić information content (AvgIpc) is 3.08. The number of carbonyl (C=O) groups is 2. The van der Waals surface area contributed by atoms with Gasteiger partial charge in [0.05, 0.1) is 12.1 Å². The Kier molecular flexibility index (Phi) is 5.64. The molecule has 30 heavy (non-hydrogen) atoms. The summed E-state index contributed by atoms with van der Waals surface area (Å²) in [6.45, 7) is 4.62. The third-order valence-electron chi connectivity index (χ3n) is 5.61. The number of para-hydroxylation sites is 1. The van der Waals surface area contributed by atoms with Crippen molar-refractivity contribution in [2.24, 2.45) is 7.05 Å². The zero-order chi connectivity index (χ0) is 21.4. The van der Waals surface area contributed by atoms with Crippen LogP contribution >= 0.6 is 15.9 Å². The average molecular weight is 470 g/mol. The highest BCUT2D eigenvalue weighted by Crippen LogP contribution is 2.44. The topological polar surface area (TPSA) is 64.4 Å². The van der Waals surface area contributed by atoms with Crippen LogP contribution < -0.4 is 0 Å². The van der Waals surface area contributed by atoms with Crippen molar-refractivity contribution in [3.8, 4) is 0 Å². The first-order valence-electron chi connectivity index (χ1n) is 10.2. The third kappa shape index (κ3) is 3.21. The maximum atomic E-state index is 13.4. The van der Waals surface area contributed by atoms with E-state index in [2.05, 4.69) is 15.9 Å². The Labute approximate surface area is 184 Å². The summed E-state index contributed by atoms with van der Waals surface area (Å²) in [7, 11) is 1.93. The molecule has 3 aromatic rings. The number of hydrogen-bond acceptors (Lipinski definition) is 4. The van der Waals surface area contributed by atoms with E-state index in [0.29, 0.717) is 23.5 Å². The summed E-state index contributed by atoms with van der Waals surface area (Å²) in [5.74, 6) is -0.385. The van der Waals surface area contributed by atoms with Gasteiger partial charge in [-0.25, -0.2) is 4.98 Å². The first-order chi connectivity index (χ1) is 14.5. The lowest BCUT2D eigenvalue weighted by Gasteiger charge is -2.40. The molecule has 2 heterocycles. The smallest absolute Gasteiger partial charge is 0.316 e. The number of esters is 1. The highest BCUT2D eigenvalue weighted by Gasteiger charge is 2.46. The van der Waals surface area contributed by atoms with Crippen LogP contribution in [0.4, 0.5) is 0 Å². The van der Waals surface area contributed by atoms with E-state index in [4.69, 9.17) is 9.72 Å². The Hall–Kier alpha value is -2.67. The summed E-state index contributed by atoms with van der Waals surface area (Å²) >= 11 is 3.57. The molecular weight excluding hydrogens is 446 g/mol. The van der Waals surface area contributed by atoms with Gasteiger partial charge in [-0.1, -0.05) is 31.2 Å². The van der Waals surface area contributed by atoms with Crippen molar-refractivity contribution in [3.63, 3.8) is 0 Å². The molecule has 1 aliphatic rings. The largest absolute Gasteiger partial charge is 0.465 e. The van der Waals surface area contributed by atoms with Crippen molar-refractivity contribution in [3.05, 3.63) is 63.9 Å². The Morgan fingerprint density at radius 2 is 1.93 bits per heavy atom. The molecule has 2 atom stereocenters. The van der Waals surface area contributed by atoms with Crippen molar-refractivity contribution in [1.82, 2.24) is 14.5 Å². The van der Waals surface area contributed by atoms with Crippen LogP contribution in [0.1, 0.15) is 54.0 Å². The molecule has 0 aliphatic carbocycles. The fourth-order valence-electron chi connectivity index (χ4n) is 4.31. The fourth-order valence-corrected chi connectivity index (χ4v) is 4.76. The van der Waals surface area contributed by atoms with Crippen molar-refractivity contribution in [2.75, 3.05) is 13.2 Å². The van der Waals surface area contributed by atoms with E-state index < -0.39 is 12.0 Å². The number of hydrogen-bond donors (Lipinski definition) is 0. The number of benzene rings is 2. The number of amides is 1. The Balaban J connectivity index is 1.98. The summed E-state index contributed by atoms with van der Waals surface area (Å²) in [4.78, 5) is 33.3. The SMILES string of the molecule is CCCN1C(=O)c2ccccc2[C@@H](C(=O)OCC)[C@@H]1c1nc2c(Br)cccc2n1C. The number of fused-ring (bicyclic) bond motifs is 2. The van der Waals surface area contributed by atoms with E-state index in [9.17, 15) is 9.59 Å². The molecular formula is C23H24BrN3O3. The molecule has 0 saturated carbocycles. The predicted molar refractivity (Wildman–Crippen MR) is 118 cm³/mol. The van der Waals surface area contributed by atoms with E-state index in [1.54, 1.807) is 17.9 Å². The molecule has 0 N–H and O–H groups in total. The molecule has 1 aromatic heterocycles. The second-order valence-electron chi connectivity index (χ2n) is 7.40. The Morgan fingerprint density at radius 1 is 1.17 bits per heavy atom. The van der Waals surface area contributed by atoms with Gasteiger partial charge in [-0.05, 0) is 53.0 Å². The monoisotopic (exact) mass is 469 g/mol. The minimum atomic E-state index is -0.639. The summed E-state index contributed by atoms with van der Waals surface area (Å²) in [6.07, 6.45) is 0.771. The van der Waals surface area contributed by atoms with Crippen LogP contribution in [0.5, 0.6) is 0 Å². The van der Waals surface area contributed by atoms with Gasteiger partial charge in [-0.2, -0.15) is 0 Å². The van der Waals surface area contributed by atoms with Gasteiger partial charge >= 0.3 is 5.97 Å². The van der Waals surface area contributed by atoms with Crippen LogP contribution in [-0.4, -0.2) is 39.5 Å². The lowest BCUT2D eigenvalue weighted by Crippen LogP contribution is -2.46. The third-order valence-corrected chi connectivity index (χ3v) is 6.24. The highest BCUT2D eigenvalue weighted by atomic mass is 79.9. The second kappa shape index (κ2) is 8.22. The zero-order valence-electron chi connectivity index (χ0n) is 17.3. The standard InChI is InChI=1S/C23H24BrN3O3/c1-4-13-27-20(21-25-19-16(24)11-8-12-17(19)26(21)3)18(23(29)30-5-2)14-9-6-7-10-15(14)22(27)28/h6-12,18,20H,4-5,13H2,1-3H3/t18-,20-/m1/s1. The van der Waals surface area contributed by atoms with E-state index in [0.717, 1.165) is 21.9 Å². The molecule has 0 bridgehead atoms. The number of rotatable bonds is 5. The summed E-state index contributed by atoms with van der Waals surface area (Å²) < 4.78 is 8.31. The van der Waals surface area contributed by atoms with Gasteiger partial charge in [-0.15, -0.1) is 0 Å². The first-order valence-corrected chi connectivity index (χ1v) is 11.0. The van der Waals surface area contributed by atoms with Gasteiger partial charge in [0, 0.05) is 23.6 Å². The normalized spacial score (nSPS) is 18.5. The number of imidazole rings is 1. The van der Waals surface area contributed by atoms with Crippen molar-refractivity contribution in [2.45, 2.75) is 32.2 Å². The number of aromatic nitrogens is 2. The number of nitrogens with zero attached hydrogens (tertiary/aromatic N) is 3. The predicted octanol–water partition coefficient (Wildman–Crippen LogP) is 4.59. The molecule has 7 heteroatoms. The maximum absolute atomic E-state index is 13.4. The molecule has 156 valence electrons. The molecule has 6 nitrogen and oxygen atoms in total. The van der Waals surface area contributed by atoms with E-state index in [1.807, 2.05) is 54.9 Å². The summed E-state index contributed by atoms with van der Waals surface area (Å²) in [6, 6.07) is 12.7. The van der Waals surface area contributed by atoms with Gasteiger partial charge in [0.15, 0.2) is 0 Å². The molecule has 0 saturated heterocycles. The van der Waals surface area contributed by atoms with Gasteiger partial charge in [-0.3, -0.25) is 9.59 Å². The Morgan fingerprint density at radius 3 is 2.63 bits per heavy atom. The van der Waals surface area contributed by atoms with Crippen LogP contribution in [-0.2, 0) is 16.6 Å². The van der Waals surface area contributed by atoms with Crippen molar-refractivity contribution in [1.29, 1.82) is 0 Å². The van der Waals surface area contributed by atoms with Crippen molar-refractivity contribution < 1.29 is 14.3 Å². The number of aryl methyl sites for hydroxylation is 1. The molecule has 4 rings (SSSR count). The van der Waals surface area contributed by atoms with Gasteiger partial charge in [0.25, 0.3) is 5.91 Å². The minimum absolute atomic E-state index is 0.0795. The van der Waals surface area contributed by atoms with Gasteiger partial charge in [0.2, 0.25) is 0 Å². The molecule has 1 aliphatic heterocycles. The highest BCUT2D eigenvalue weighted by molar-refractivity contribution is 9.10. The van der Waals surface area contributed by atoms with Crippen LogP contribution in [0.15, 0.2) is 46.9 Å². The van der Waals surface area contributed by atoms with Crippen LogP contribution in [0.2, 0.25) is 0 Å². The maximum Gasteiger partial charge on any atom is 0.316 e. The molecule has 0 fully saturated rings. The lowest BCUT2D eigenvalue weighted by molar-refractivity contribution is -0.147. The molecule has 0 spiro atoms. The van der Waals surface area contributed by atoms with Crippen molar-refractivity contribution >= 4 is 38.8 Å². The van der Waals surface area contributed by atoms with E-state index in [-0.39, 0.29) is 18.5 Å². The first kappa shape index (κ1) is 20.6. The minimum Gasteiger partial charge on any atom is -0.465 e. The van der Waals surface area contributed by atoms with E-state index in [1.165, 1.54) is 0 Å². The molecule has 0 radical (unpaired) electrons. The summed E-state index contributed by atoms with van der Waals surface area (Å²) in [5.41, 5.74) is 3.00. The summed E-state index contributed by atoms with van der Waals surface area (Å²) in [5, 5.41) is 0.